The molecule has 8 heteroatoms. The van der Waals surface area contributed by atoms with E-state index < -0.39 is 18.1 Å². The number of carbonyl (C=O) groups excluding carboxylic acids is 3. The van der Waals surface area contributed by atoms with Crippen molar-refractivity contribution in [2.45, 2.75) is 45.7 Å². The summed E-state index contributed by atoms with van der Waals surface area (Å²) < 4.78 is 7.49. The minimum Gasteiger partial charge on any atom is -0.467 e. The predicted molar refractivity (Wildman–Crippen MR) is 124 cm³/mol. The fourth-order valence-electron chi connectivity index (χ4n) is 3.44. The second kappa shape index (κ2) is 10.4. The summed E-state index contributed by atoms with van der Waals surface area (Å²) in [6.45, 7) is 5.64. The zero-order chi connectivity index (χ0) is 23.3. The van der Waals surface area contributed by atoms with Crippen LogP contribution in [-0.2, 0) is 14.3 Å². The molecule has 0 saturated carbocycles. The fraction of sp³-hybridized carbons (Fsp3) is 0.333. The van der Waals surface area contributed by atoms with Crippen LogP contribution in [0.5, 0.6) is 0 Å². The number of hydrogen-bond donors (Lipinski definition) is 1. The van der Waals surface area contributed by atoms with E-state index in [0.29, 0.717) is 23.2 Å². The molecule has 0 aliphatic carbocycles. The Bertz CT molecular complexity index is 1190. The Hall–Kier alpha value is -3.26. The molecule has 0 aliphatic rings. The molecular weight excluding hydrogens is 426 g/mol. The normalized spacial score (nSPS) is 13.6. The summed E-state index contributed by atoms with van der Waals surface area (Å²) >= 11 is 1.35. The predicted octanol–water partition coefficient (Wildman–Crippen LogP) is 3.77. The van der Waals surface area contributed by atoms with Crippen molar-refractivity contribution >= 4 is 39.3 Å². The number of aryl methyl sites for hydroxylation is 1. The van der Waals surface area contributed by atoms with Gasteiger partial charge in [0.15, 0.2) is 4.80 Å². The largest absolute Gasteiger partial charge is 0.467 e. The standard InChI is InChI=1S/C24H27N3O4S/c1-5-17(23(30)31-4)25-22(29)18(6-2)27-19-9-7-8-10-20(19)32-24(27)26-21(28)16-13-11-15(3)12-14-16/h7-14,17-18H,5-6H2,1-4H3,(H,25,29). The van der Waals surface area contributed by atoms with Gasteiger partial charge in [-0.3, -0.25) is 9.59 Å². The minimum absolute atomic E-state index is 0.322. The van der Waals surface area contributed by atoms with Gasteiger partial charge in [-0.25, -0.2) is 4.79 Å². The van der Waals surface area contributed by atoms with Gasteiger partial charge >= 0.3 is 5.97 Å². The lowest BCUT2D eigenvalue weighted by Crippen LogP contribution is -2.45. The molecule has 0 bridgehead atoms. The van der Waals surface area contributed by atoms with E-state index in [1.54, 1.807) is 23.6 Å². The molecule has 1 heterocycles. The molecule has 32 heavy (non-hydrogen) atoms. The zero-order valence-electron chi connectivity index (χ0n) is 18.6. The van der Waals surface area contributed by atoms with Crippen LogP contribution in [0.15, 0.2) is 53.5 Å². The molecule has 0 fully saturated rings. The van der Waals surface area contributed by atoms with Crippen LogP contribution >= 0.6 is 11.3 Å². The maximum absolute atomic E-state index is 13.2. The highest BCUT2D eigenvalue weighted by Gasteiger charge is 2.27. The van der Waals surface area contributed by atoms with Crippen LogP contribution in [0.2, 0.25) is 0 Å². The summed E-state index contributed by atoms with van der Waals surface area (Å²) in [6.07, 6.45) is 0.864. The van der Waals surface area contributed by atoms with Gasteiger partial charge in [-0.2, -0.15) is 4.99 Å². The number of hydrogen-bond acceptors (Lipinski definition) is 5. The average Bonchev–Trinajstić information content (AvgIpc) is 3.15. The number of rotatable bonds is 7. The van der Waals surface area contributed by atoms with Crippen molar-refractivity contribution in [3.05, 3.63) is 64.5 Å². The second-order valence-corrected chi connectivity index (χ2v) is 8.43. The van der Waals surface area contributed by atoms with Crippen LogP contribution in [0, 0.1) is 6.92 Å². The number of amides is 2. The summed E-state index contributed by atoms with van der Waals surface area (Å²) in [5, 5.41) is 2.78. The first kappa shape index (κ1) is 23.4. The van der Waals surface area contributed by atoms with Gasteiger partial charge in [0.1, 0.15) is 12.1 Å². The highest BCUT2D eigenvalue weighted by molar-refractivity contribution is 7.16. The quantitative estimate of drug-likeness (QED) is 0.552. The summed E-state index contributed by atoms with van der Waals surface area (Å²) in [4.78, 5) is 42.8. The first-order valence-electron chi connectivity index (χ1n) is 10.5. The summed E-state index contributed by atoms with van der Waals surface area (Å²) in [5.74, 6) is -1.19. The van der Waals surface area contributed by atoms with E-state index in [1.165, 1.54) is 18.4 Å². The van der Waals surface area contributed by atoms with E-state index >= 15 is 0 Å². The molecule has 2 unspecified atom stereocenters. The van der Waals surface area contributed by atoms with Crippen molar-refractivity contribution in [2.24, 2.45) is 4.99 Å². The van der Waals surface area contributed by atoms with Crippen molar-refractivity contribution in [2.75, 3.05) is 7.11 Å². The van der Waals surface area contributed by atoms with Crippen LogP contribution in [0.3, 0.4) is 0 Å². The third kappa shape index (κ3) is 4.96. The smallest absolute Gasteiger partial charge is 0.328 e. The van der Waals surface area contributed by atoms with E-state index in [-0.39, 0.29) is 11.8 Å². The molecule has 0 radical (unpaired) electrons. The number of benzene rings is 2. The topological polar surface area (TPSA) is 89.8 Å². The number of carbonyl (C=O) groups is 3. The first-order valence-corrected chi connectivity index (χ1v) is 11.3. The summed E-state index contributed by atoms with van der Waals surface area (Å²) in [7, 11) is 1.29. The maximum atomic E-state index is 13.2. The highest BCUT2D eigenvalue weighted by Crippen LogP contribution is 2.23. The minimum atomic E-state index is -0.735. The van der Waals surface area contributed by atoms with Gasteiger partial charge < -0.3 is 14.6 Å². The lowest BCUT2D eigenvalue weighted by molar-refractivity contribution is -0.145. The van der Waals surface area contributed by atoms with E-state index in [2.05, 4.69) is 10.3 Å². The van der Waals surface area contributed by atoms with Crippen molar-refractivity contribution in [3.8, 4) is 0 Å². The van der Waals surface area contributed by atoms with E-state index in [9.17, 15) is 14.4 Å². The number of esters is 1. The first-order chi connectivity index (χ1) is 15.4. The summed E-state index contributed by atoms with van der Waals surface area (Å²) in [5.41, 5.74) is 2.34. The van der Waals surface area contributed by atoms with E-state index in [1.807, 2.05) is 50.2 Å². The summed E-state index contributed by atoms with van der Waals surface area (Å²) in [6, 6.07) is 13.4. The number of nitrogens with one attached hydrogen (secondary N) is 1. The van der Waals surface area contributed by atoms with Crippen molar-refractivity contribution in [1.29, 1.82) is 0 Å². The monoisotopic (exact) mass is 453 g/mol. The maximum Gasteiger partial charge on any atom is 0.328 e. The van der Waals surface area contributed by atoms with E-state index in [4.69, 9.17) is 4.74 Å². The number of fused-ring (bicyclic) bond motifs is 1. The van der Waals surface area contributed by atoms with Gasteiger partial charge in [-0.1, -0.05) is 55.0 Å². The van der Waals surface area contributed by atoms with Crippen molar-refractivity contribution in [1.82, 2.24) is 9.88 Å². The lowest BCUT2D eigenvalue weighted by Gasteiger charge is -2.21. The Morgan fingerprint density at radius 2 is 1.75 bits per heavy atom. The van der Waals surface area contributed by atoms with Gasteiger partial charge in [-0.05, 0) is 44.0 Å². The third-order valence-corrected chi connectivity index (χ3v) is 6.27. The molecule has 2 amide bonds. The molecule has 2 atom stereocenters. The Morgan fingerprint density at radius 1 is 1.06 bits per heavy atom. The van der Waals surface area contributed by atoms with Crippen LogP contribution < -0.4 is 10.1 Å². The molecular formula is C24H27N3O4S. The molecule has 7 nitrogen and oxygen atoms in total. The molecule has 0 spiro atoms. The zero-order valence-corrected chi connectivity index (χ0v) is 19.4. The Morgan fingerprint density at radius 3 is 2.38 bits per heavy atom. The van der Waals surface area contributed by atoms with Gasteiger partial charge in [0.05, 0.1) is 17.3 Å². The van der Waals surface area contributed by atoms with Crippen LogP contribution in [0.25, 0.3) is 10.2 Å². The van der Waals surface area contributed by atoms with E-state index in [0.717, 1.165) is 15.8 Å². The Balaban J connectivity index is 2.07. The molecule has 1 N–H and O–H groups in total. The number of thiazole rings is 1. The van der Waals surface area contributed by atoms with Crippen molar-refractivity contribution < 1.29 is 19.1 Å². The molecule has 1 aromatic heterocycles. The van der Waals surface area contributed by atoms with Crippen LogP contribution in [-0.4, -0.2) is 35.5 Å². The van der Waals surface area contributed by atoms with Crippen molar-refractivity contribution in [3.63, 3.8) is 0 Å². The second-order valence-electron chi connectivity index (χ2n) is 7.42. The number of ether oxygens (including phenoxy) is 1. The van der Waals surface area contributed by atoms with Crippen LogP contribution in [0.1, 0.15) is 48.7 Å². The molecule has 168 valence electrons. The molecule has 3 aromatic rings. The molecule has 0 saturated heterocycles. The molecule has 0 aliphatic heterocycles. The van der Waals surface area contributed by atoms with Crippen LogP contribution in [0.4, 0.5) is 0 Å². The molecule has 2 aromatic carbocycles. The number of para-hydroxylation sites is 1. The molecule has 3 rings (SSSR count). The highest BCUT2D eigenvalue weighted by atomic mass is 32.1. The van der Waals surface area contributed by atoms with Gasteiger partial charge in [-0.15, -0.1) is 0 Å². The Kier molecular flexibility index (Phi) is 7.58. The lowest BCUT2D eigenvalue weighted by atomic mass is 10.1. The average molecular weight is 454 g/mol. The van der Waals surface area contributed by atoms with Gasteiger partial charge in [0.25, 0.3) is 5.91 Å². The van der Waals surface area contributed by atoms with Gasteiger partial charge in [0, 0.05) is 5.56 Å². The number of aromatic nitrogens is 1. The Labute approximate surface area is 190 Å². The van der Waals surface area contributed by atoms with Gasteiger partial charge in [0.2, 0.25) is 5.91 Å². The number of nitrogens with zero attached hydrogens (tertiary/aromatic N) is 2. The SMILES string of the molecule is CCC(NC(=O)C(CC)n1c(=NC(=O)c2ccc(C)cc2)sc2ccccc21)C(=O)OC. The fourth-order valence-corrected chi connectivity index (χ4v) is 4.51. The third-order valence-electron chi connectivity index (χ3n) is 5.24. The number of methoxy groups -OCH3 is 1.